The molecule has 0 amide bonds. The number of ether oxygens (including phenoxy) is 2. The number of benzene rings is 2. The highest BCUT2D eigenvalue weighted by atomic mass is 35.5. The lowest BCUT2D eigenvalue weighted by Crippen LogP contribution is -2.15. The number of hydrogen-bond donors (Lipinski definition) is 1. The minimum absolute atomic E-state index is 0.417. The van der Waals surface area contributed by atoms with E-state index in [0.717, 1.165) is 42.1 Å². The largest absolute Gasteiger partial charge is 0.493 e. The predicted octanol–water partition coefficient (Wildman–Crippen LogP) is 4.43. The molecule has 3 nitrogen and oxygen atoms in total. The molecule has 4 heteroatoms. The molecule has 0 radical (unpaired) electrons. The zero-order valence-corrected chi connectivity index (χ0v) is 13.8. The first-order chi connectivity index (χ1) is 10.8. The van der Waals surface area contributed by atoms with Crippen LogP contribution in [-0.2, 0) is 13.2 Å². The highest BCUT2D eigenvalue weighted by Crippen LogP contribution is 2.32. The third-order valence-corrected chi connectivity index (χ3v) is 3.72. The van der Waals surface area contributed by atoms with Gasteiger partial charge in [0.25, 0.3) is 0 Å². The Kier molecular flexibility index (Phi) is 6.56. The number of methoxy groups -OCH3 is 1. The summed E-state index contributed by atoms with van der Waals surface area (Å²) in [7, 11) is 1.65. The molecule has 22 heavy (non-hydrogen) atoms. The average molecular weight is 320 g/mol. The molecule has 0 unspecified atom stereocenters. The second kappa shape index (κ2) is 8.66. The van der Waals surface area contributed by atoms with Crippen LogP contribution in [-0.4, -0.2) is 13.7 Å². The van der Waals surface area contributed by atoms with E-state index in [-0.39, 0.29) is 0 Å². The maximum atomic E-state index is 6.18. The van der Waals surface area contributed by atoms with Crippen molar-refractivity contribution in [2.45, 2.75) is 26.5 Å². The van der Waals surface area contributed by atoms with E-state index in [1.165, 1.54) is 0 Å². The van der Waals surface area contributed by atoms with Crippen molar-refractivity contribution in [3.63, 3.8) is 0 Å². The average Bonchev–Trinajstić information content (AvgIpc) is 2.55. The van der Waals surface area contributed by atoms with Crippen LogP contribution in [0.2, 0.25) is 5.02 Å². The second-order valence-corrected chi connectivity index (χ2v) is 5.41. The SMILES string of the molecule is CCCNCc1cccc(OC)c1OCc1ccccc1Cl. The summed E-state index contributed by atoms with van der Waals surface area (Å²) >= 11 is 6.18. The number of rotatable bonds is 8. The van der Waals surface area contributed by atoms with Crippen molar-refractivity contribution in [2.75, 3.05) is 13.7 Å². The fourth-order valence-corrected chi connectivity index (χ4v) is 2.38. The minimum atomic E-state index is 0.417. The Morgan fingerprint density at radius 1 is 1.05 bits per heavy atom. The molecule has 0 atom stereocenters. The first-order valence-corrected chi connectivity index (χ1v) is 7.86. The summed E-state index contributed by atoms with van der Waals surface area (Å²) in [5.41, 5.74) is 2.04. The summed E-state index contributed by atoms with van der Waals surface area (Å²) in [4.78, 5) is 0. The Morgan fingerprint density at radius 3 is 2.55 bits per heavy atom. The molecule has 118 valence electrons. The lowest BCUT2D eigenvalue weighted by atomic mass is 10.1. The van der Waals surface area contributed by atoms with Gasteiger partial charge >= 0.3 is 0 Å². The van der Waals surface area contributed by atoms with Gasteiger partial charge in [0.2, 0.25) is 0 Å². The van der Waals surface area contributed by atoms with Crippen LogP contribution in [0, 0.1) is 0 Å². The van der Waals surface area contributed by atoms with Crippen molar-refractivity contribution in [3.05, 3.63) is 58.6 Å². The van der Waals surface area contributed by atoms with Gasteiger partial charge in [0, 0.05) is 22.7 Å². The fraction of sp³-hybridized carbons (Fsp3) is 0.333. The van der Waals surface area contributed by atoms with Gasteiger partial charge < -0.3 is 14.8 Å². The van der Waals surface area contributed by atoms with Crippen LogP contribution in [0.3, 0.4) is 0 Å². The van der Waals surface area contributed by atoms with Crippen LogP contribution in [0.5, 0.6) is 11.5 Å². The van der Waals surface area contributed by atoms with Crippen LogP contribution in [0.1, 0.15) is 24.5 Å². The highest BCUT2D eigenvalue weighted by Gasteiger charge is 2.11. The summed E-state index contributed by atoms with van der Waals surface area (Å²) < 4.78 is 11.4. The van der Waals surface area contributed by atoms with Crippen LogP contribution in [0.4, 0.5) is 0 Å². The third kappa shape index (κ3) is 4.39. The first kappa shape index (κ1) is 16.7. The first-order valence-electron chi connectivity index (χ1n) is 7.49. The van der Waals surface area contributed by atoms with E-state index in [1.54, 1.807) is 7.11 Å². The summed E-state index contributed by atoms with van der Waals surface area (Å²) in [6, 6.07) is 13.6. The molecule has 2 rings (SSSR count). The number of nitrogens with one attached hydrogen (secondary N) is 1. The molecule has 2 aromatic carbocycles. The summed E-state index contributed by atoms with van der Waals surface area (Å²) in [5, 5.41) is 4.10. The van der Waals surface area contributed by atoms with E-state index in [2.05, 4.69) is 12.2 Å². The Morgan fingerprint density at radius 2 is 1.82 bits per heavy atom. The lowest BCUT2D eigenvalue weighted by molar-refractivity contribution is 0.280. The maximum Gasteiger partial charge on any atom is 0.166 e. The monoisotopic (exact) mass is 319 g/mol. The van der Waals surface area contributed by atoms with E-state index < -0.39 is 0 Å². The minimum Gasteiger partial charge on any atom is -0.493 e. The van der Waals surface area contributed by atoms with E-state index >= 15 is 0 Å². The van der Waals surface area contributed by atoms with Gasteiger partial charge in [-0.15, -0.1) is 0 Å². The van der Waals surface area contributed by atoms with Crippen molar-refractivity contribution in [2.24, 2.45) is 0 Å². The quantitative estimate of drug-likeness (QED) is 0.730. The number of hydrogen-bond acceptors (Lipinski definition) is 3. The lowest BCUT2D eigenvalue weighted by Gasteiger charge is -2.16. The van der Waals surface area contributed by atoms with Crippen molar-refractivity contribution in [1.82, 2.24) is 5.32 Å². The molecule has 0 fully saturated rings. The molecular formula is C18H22ClNO2. The third-order valence-electron chi connectivity index (χ3n) is 3.35. The van der Waals surface area contributed by atoms with Crippen molar-refractivity contribution in [3.8, 4) is 11.5 Å². The van der Waals surface area contributed by atoms with E-state index in [9.17, 15) is 0 Å². The summed E-state index contributed by atoms with van der Waals surface area (Å²) in [6.45, 7) is 4.29. The molecule has 0 saturated heterocycles. The molecular weight excluding hydrogens is 298 g/mol. The van der Waals surface area contributed by atoms with Crippen molar-refractivity contribution in [1.29, 1.82) is 0 Å². The van der Waals surface area contributed by atoms with Gasteiger partial charge in [-0.2, -0.15) is 0 Å². The molecule has 0 saturated carbocycles. The predicted molar refractivity (Wildman–Crippen MR) is 90.8 cm³/mol. The summed E-state index contributed by atoms with van der Waals surface area (Å²) in [6.07, 6.45) is 1.10. The molecule has 0 aliphatic rings. The Hall–Kier alpha value is -1.71. The maximum absolute atomic E-state index is 6.18. The zero-order valence-electron chi connectivity index (χ0n) is 13.1. The standard InChI is InChI=1S/C18H22ClNO2/c1-3-11-20-12-14-8-6-10-17(21-2)18(14)22-13-15-7-4-5-9-16(15)19/h4-10,20H,3,11-13H2,1-2H3. The molecule has 0 aliphatic carbocycles. The normalized spacial score (nSPS) is 10.5. The highest BCUT2D eigenvalue weighted by molar-refractivity contribution is 6.31. The molecule has 0 aromatic heterocycles. The van der Waals surface area contributed by atoms with E-state index in [1.807, 2.05) is 42.5 Å². The van der Waals surface area contributed by atoms with E-state index in [0.29, 0.717) is 11.6 Å². The topological polar surface area (TPSA) is 30.5 Å². The van der Waals surface area contributed by atoms with Gasteiger partial charge in [-0.05, 0) is 25.1 Å². The fourth-order valence-electron chi connectivity index (χ4n) is 2.19. The Labute approximate surface area is 137 Å². The molecule has 0 spiro atoms. The number of para-hydroxylation sites is 1. The van der Waals surface area contributed by atoms with Gasteiger partial charge in [-0.25, -0.2) is 0 Å². The van der Waals surface area contributed by atoms with Crippen molar-refractivity contribution >= 4 is 11.6 Å². The number of halogens is 1. The van der Waals surface area contributed by atoms with Crippen LogP contribution >= 0.6 is 11.6 Å². The Bertz CT molecular complexity index is 601. The molecule has 1 N–H and O–H groups in total. The van der Waals surface area contributed by atoms with Crippen molar-refractivity contribution < 1.29 is 9.47 Å². The summed E-state index contributed by atoms with van der Waals surface area (Å²) in [5.74, 6) is 1.51. The van der Waals surface area contributed by atoms with Gasteiger partial charge in [0.1, 0.15) is 6.61 Å². The van der Waals surface area contributed by atoms with Gasteiger partial charge in [0.15, 0.2) is 11.5 Å². The second-order valence-electron chi connectivity index (χ2n) is 5.01. The van der Waals surface area contributed by atoms with Crippen LogP contribution in [0.25, 0.3) is 0 Å². The molecule has 2 aromatic rings. The van der Waals surface area contributed by atoms with Gasteiger partial charge in [-0.1, -0.05) is 48.9 Å². The van der Waals surface area contributed by atoms with Crippen LogP contribution < -0.4 is 14.8 Å². The van der Waals surface area contributed by atoms with Crippen LogP contribution in [0.15, 0.2) is 42.5 Å². The van der Waals surface area contributed by atoms with Gasteiger partial charge in [-0.3, -0.25) is 0 Å². The molecule has 0 aliphatic heterocycles. The van der Waals surface area contributed by atoms with E-state index in [4.69, 9.17) is 21.1 Å². The molecule has 0 heterocycles. The molecule has 0 bridgehead atoms. The van der Waals surface area contributed by atoms with Gasteiger partial charge in [0.05, 0.1) is 7.11 Å². The zero-order chi connectivity index (χ0) is 15.8. The smallest absolute Gasteiger partial charge is 0.166 e. The Balaban J connectivity index is 2.15.